The third-order valence-electron chi connectivity index (χ3n) is 5.65. The molecule has 11 nitrogen and oxygen atoms in total. The fourth-order valence-electron chi connectivity index (χ4n) is 3.88. The van der Waals surface area contributed by atoms with Gasteiger partial charge in [-0.15, -0.1) is 10.2 Å². The summed E-state index contributed by atoms with van der Waals surface area (Å²) in [6.07, 6.45) is 1.62. The zero-order chi connectivity index (χ0) is 25.5. The van der Waals surface area contributed by atoms with Gasteiger partial charge in [0.25, 0.3) is 11.8 Å². The summed E-state index contributed by atoms with van der Waals surface area (Å²) in [4.78, 5) is 31.1. The molecule has 1 aliphatic rings. The summed E-state index contributed by atoms with van der Waals surface area (Å²) in [6, 6.07) is 15.6. The van der Waals surface area contributed by atoms with E-state index in [1.54, 1.807) is 48.5 Å². The number of anilines is 3. The molecule has 184 valence electrons. The minimum atomic E-state index is -0.767. The molecule has 2 heterocycles. The molecule has 1 atom stereocenters. The summed E-state index contributed by atoms with van der Waals surface area (Å²) in [6.45, 7) is 3.62. The number of piperidine rings is 1. The lowest BCUT2D eigenvalue weighted by atomic mass is 10.1. The Bertz CT molecular complexity index is 1270. The predicted octanol–water partition coefficient (Wildman–Crippen LogP) is 2.38. The van der Waals surface area contributed by atoms with Crippen LogP contribution in [0, 0.1) is 11.3 Å². The second-order valence-electron chi connectivity index (χ2n) is 8.20. The van der Waals surface area contributed by atoms with Gasteiger partial charge in [0, 0.05) is 30.4 Å². The standard InChI is InChI=1S/C25H26N8O3/c1-2-36-20-11-7-17(8-12-20)24(35)29-19-4-3-13-33(15-19)25-30-23(21(22(27)34)31-32-25)28-18-9-5-16(14-26)6-10-18/h5-12,19H,2-4,13,15H2,1H3,(H2,27,34)(H,29,35)(H,28,30,32)/t19-/m1/s1. The van der Waals surface area contributed by atoms with E-state index in [9.17, 15) is 9.59 Å². The topological polar surface area (TPSA) is 159 Å². The third kappa shape index (κ3) is 5.85. The highest BCUT2D eigenvalue weighted by molar-refractivity contribution is 5.96. The predicted molar refractivity (Wildman–Crippen MR) is 133 cm³/mol. The Balaban J connectivity index is 1.47. The van der Waals surface area contributed by atoms with E-state index in [0.29, 0.717) is 48.2 Å². The quantitative estimate of drug-likeness (QED) is 0.434. The zero-order valence-electron chi connectivity index (χ0n) is 19.8. The van der Waals surface area contributed by atoms with Gasteiger partial charge in [0.05, 0.1) is 18.2 Å². The maximum Gasteiger partial charge on any atom is 0.273 e. The number of benzene rings is 2. The molecule has 36 heavy (non-hydrogen) atoms. The molecule has 0 aliphatic carbocycles. The van der Waals surface area contributed by atoms with Crippen LogP contribution in [0.4, 0.5) is 17.5 Å². The first-order valence-electron chi connectivity index (χ1n) is 11.6. The first kappa shape index (κ1) is 24.4. The van der Waals surface area contributed by atoms with Crippen LogP contribution in [0.1, 0.15) is 46.2 Å². The molecule has 4 N–H and O–H groups in total. The van der Waals surface area contributed by atoms with Crippen LogP contribution in [0.2, 0.25) is 0 Å². The van der Waals surface area contributed by atoms with Gasteiger partial charge in [-0.25, -0.2) is 0 Å². The van der Waals surface area contributed by atoms with Crippen molar-refractivity contribution in [2.45, 2.75) is 25.8 Å². The second kappa shape index (κ2) is 11.1. The Morgan fingerprint density at radius 1 is 1.17 bits per heavy atom. The number of carbonyl (C=O) groups is 2. The molecule has 11 heteroatoms. The number of hydrogen-bond donors (Lipinski definition) is 3. The molecule has 0 spiro atoms. The summed E-state index contributed by atoms with van der Waals surface area (Å²) >= 11 is 0. The highest BCUT2D eigenvalue weighted by Gasteiger charge is 2.25. The number of carbonyl (C=O) groups excluding carboxylic acids is 2. The number of amides is 2. The Labute approximate surface area is 208 Å². The number of nitriles is 1. The first-order valence-corrected chi connectivity index (χ1v) is 11.6. The SMILES string of the molecule is CCOc1ccc(C(=O)N[C@@H]2CCCN(c3nnc(C(N)=O)c(Nc4ccc(C#N)cc4)n3)C2)cc1. The van der Waals surface area contributed by atoms with Crippen molar-refractivity contribution in [3.63, 3.8) is 0 Å². The highest BCUT2D eigenvalue weighted by Crippen LogP contribution is 2.22. The Kier molecular flexibility index (Phi) is 7.55. The van der Waals surface area contributed by atoms with Crippen LogP contribution in [0.15, 0.2) is 48.5 Å². The van der Waals surface area contributed by atoms with Crippen LogP contribution in [-0.4, -0.2) is 52.7 Å². The van der Waals surface area contributed by atoms with Crippen molar-refractivity contribution in [1.29, 1.82) is 5.26 Å². The number of nitrogens with one attached hydrogen (secondary N) is 2. The summed E-state index contributed by atoms with van der Waals surface area (Å²) in [5, 5.41) is 23.2. The molecule has 1 aliphatic heterocycles. The van der Waals surface area contributed by atoms with E-state index in [0.717, 1.165) is 12.8 Å². The molecule has 1 saturated heterocycles. The summed E-state index contributed by atoms with van der Waals surface area (Å²) in [5.74, 6) is 0.259. The number of aromatic nitrogens is 3. The Morgan fingerprint density at radius 3 is 2.58 bits per heavy atom. The smallest absolute Gasteiger partial charge is 0.273 e. The lowest BCUT2D eigenvalue weighted by Crippen LogP contribution is -2.48. The number of nitrogens with two attached hydrogens (primary N) is 1. The van der Waals surface area contributed by atoms with Gasteiger partial charge in [0.2, 0.25) is 5.95 Å². The van der Waals surface area contributed by atoms with Crippen molar-refractivity contribution >= 4 is 29.3 Å². The average Bonchev–Trinajstić information content (AvgIpc) is 2.89. The molecule has 2 amide bonds. The van der Waals surface area contributed by atoms with Gasteiger partial charge < -0.3 is 26.0 Å². The van der Waals surface area contributed by atoms with E-state index in [1.165, 1.54) is 0 Å². The second-order valence-corrected chi connectivity index (χ2v) is 8.20. The van der Waals surface area contributed by atoms with E-state index in [2.05, 4.69) is 31.9 Å². The lowest BCUT2D eigenvalue weighted by molar-refractivity contribution is 0.0931. The summed E-state index contributed by atoms with van der Waals surface area (Å²) in [7, 11) is 0. The first-order chi connectivity index (χ1) is 17.5. The van der Waals surface area contributed by atoms with Gasteiger partial charge in [0.15, 0.2) is 11.5 Å². The maximum absolute atomic E-state index is 12.8. The van der Waals surface area contributed by atoms with Crippen LogP contribution in [0.25, 0.3) is 0 Å². The van der Waals surface area contributed by atoms with Crippen molar-refractivity contribution in [3.05, 3.63) is 65.4 Å². The molecule has 1 fully saturated rings. The number of rotatable bonds is 8. The minimum Gasteiger partial charge on any atom is -0.494 e. The molecular formula is C25H26N8O3. The van der Waals surface area contributed by atoms with Gasteiger partial charge in [-0.1, -0.05) is 0 Å². The minimum absolute atomic E-state index is 0.0968. The molecule has 1 aromatic heterocycles. The average molecular weight is 487 g/mol. The molecule has 2 aromatic carbocycles. The van der Waals surface area contributed by atoms with Gasteiger partial charge in [0.1, 0.15) is 5.75 Å². The molecule has 4 rings (SSSR count). The van der Waals surface area contributed by atoms with Crippen LogP contribution in [0.5, 0.6) is 5.75 Å². The normalized spacial score (nSPS) is 15.0. The van der Waals surface area contributed by atoms with Gasteiger partial charge >= 0.3 is 0 Å². The van der Waals surface area contributed by atoms with Gasteiger partial charge in [-0.3, -0.25) is 9.59 Å². The van der Waals surface area contributed by atoms with Crippen molar-refractivity contribution < 1.29 is 14.3 Å². The molecule has 0 saturated carbocycles. The van der Waals surface area contributed by atoms with E-state index >= 15 is 0 Å². The summed E-state index contributed by atoms with van der Waals surface area (Å²) in [5.41, 5.74) is 7.04. The fourth-order valence-corrected chi connectivity index (χ4v) is 3.88. The molecule has 3 aromatic rings. The van der Waals surface area contributed by atoms with Gasteiger partial charge in [-0.2, -0.15) is 10.2 Å². The molecular weight excluding hydrogens is 460 g/mol. The zero-order valence-corrected chi connectivity index (χ0v) is 19.8. The van der Waals surface area contributed by atoms with Crippen molar-refractivity contribution in [2.75, 3.05) is 29.9 Å². The molecule has 0 radical (unpaired) electrons. The third-order valence-corrected chi connectivity index (χ3v) is 5.65. The van der Waals surface area contributed by atoms with E-state index < -0.39 is 5.91 Å². The molecule has 0 unspecified atom stereocenters. The molecule has 0 bridgehead atoms. The van der Waals surface area contributed by atoms with E-state index in [-0.39, 0.29) is 23.5 Å². The maximum atomic E-state index is 12.8. The van der Waals surface area contributed by atoms with Gasteiger partial charge in [-0.05, 0) is 68.3 Å². The Morgan fingerprint density at radius 2 is 1.92 bits per heavy atom. The van der Waals surface area contributed by atoms with Crippen molar-refractivity contribution in [3.8, 4) is 11.8 Å². The number of ether oxygens (including phenoxy) is 1. The lowest BCUT2D eigenvalue weighted by Gasteiger charge is -2.33. The van der Waals surface area contributed by atoms with E-state index in [1.807, 2.05) is 11.8 Å². The number of primary amides is 1. The number of hydrogen-bond acceptors (Lipinski definition) is 9. The van der Waals surface area contributed by atoms with Crippen LogP contribution < -0.4 is 26.0 Å². The monoisotopic (exact) mass is 486 g/mol. The van der Waals surface area contributed by atoms with Crippen LogP contribution in [0.3, 0.4) is 0 Å². The van der Waals surface area contributed by atoms with Crippen molar-refractivity contribution in [1.82, 2.24) is 20.5 Å². The Hall–Kier alpha value is -4.72. The van der Waals surface area contributed by atoms with E-state index in [4.69, 9.17) is 15.7 Å². The summed E-state index contributed by atoms with van der Waals surface area (Å²) < 4.78 is 5.43. The van der Waals surface area contributed by atoms with Crippen molar-refractivity contribution in [2.24, 2.45) is 5.73 Å². The fraction of sp³-hybridized carbons (Fsp3) is 0.280. The highest BCUT2D eigenvalue weighted by atomic mass is 16.5. The number of nitrogens with zero attached hydrogens (tertiary/aromatic N) is 5. The van der Waals surface area contributed by atoms with Crippen LogP contribution >= 0.6 is 0 Å². The largest absolute Gasteiger partial charge is 0.494 e. The van der Waals surface area contributed by atoms with Crippen LogP contribution in [-0.2, 0) is 0 Å².